The van der Waals surface area contributed by atoms with Gasteiger partial charge in [-0.3, -0.25) is 0 Å². The van der Waals surface area contributed by atoms with Gasteiger partial charge in [-0.1, -0.05) is 19.3 Å². The van der Waals surface area contributed by atoms with Crippen LogP contribution in [0.4, 0.5) is 0 Å². The van der Waals surface area contributed by atoms with E-state index in [1.807, 2.05) is 0 Å². The summed E-state index contributed by atoms with van der Waals surface area (Å²) in [6.45, 7) is 4.67. The number of nitrogens with zero attached hydrogens (tertiary/aromatic N) is 1. The van der Waals surface area contributed by atoms with Crippen molar-refractivity contribution in [1.29, 1.82) is 0 Å². The van der Waals surface area contributed by atoms with Crippen LogP contribution in [-0.2, 0) is 0 Å². The lowest BCUT2D eigenvalue weighted by atomic mass is 10.1. The third-order valence-corrected chi connectivity index (χ3v) is 2.63. The van der Waals surface area contributed by atoms with Crippen LogP contribution in [0.5, 0.6) is 0 Å². The molecule has 0 aromatic rings. The Morgan fingerprint density at radius 1 is 0.857 bits per heavy atom. The highest BCUT2D eigenvalue weighted by molar-refractivity contribution is 5.85. The fraction of sp³-hybridized carbons (Fsp3) is 1.00. The third kappa shape index (κ3) is 7.86. The first-order valence-corrected chi connectivity index (χ1v) is 5.36. The van der Waals surface area contributed by atoms with Crippen molar-refractivity contribution in [2.24, 2.45) is 5.73 Å². The topological polar surface area (TPSA) is 29.3 Å². The van der Waals surface area contributed by atoms with Crippen LogP contribution in [0.1, 0.15) is 38.5 Å². The van der Waals surface area contributed by atoms with Crippen molar-refractivity contribution in [3.8, 4) is 0 Å². The SMILES string of the molecule is Cl.Cl.NCCCN1CCCCCCC1. The van der Waals surface area contributed by atoms with E-state index in [9.17, 15) is 0 Å². The first-order chi connectivity index (χ1) is 5.93. The zero-order valence-corrected chi connectivity index (χ0v) is 10.5. The van der Waals surface area contributed by atoms with Gasteiger partial charge >= 0.3 is 0 Å². The van der Waals surface area contributed by atoms with Crippen LogP contribution < -0.4 is 5.73 Å². The highest BCUT2D eigenvalue weighted by atomic mass is 35.5. The van der Waals surface area contributed by atoms with Gasteiger partial charge in [-0.25, -0.2) is 0 Å². The molecule has 0 bridgehead atoms. The van der Waals surface area contributed by atoms with Crippen molar-refractivity contribution in [3.05, 3.63) is 0 Å². The molecule has 88 valence electrons. The minimum absolute atomic E-state index is 0. The summed E-state index contributed by atoms with van der Waals surface area (Å²) in [5.74, 6) is 0. The molecular formula is C10H24Cl2N2. The number of rotatable bonds is 3. The lowest BCUT2D eigenvalue weighted by molar-refractivity contribution is 0.246. The molecule has 0 spiro atoms. The van der Waals surface area contributed by atoms with Crippen molar-refractivity contribution in [2.45, 2.75) is 38.5 Å². The maximum atomic E-state index is 5.49. The van der Waals surface area contributed by atoms with Crippen LogP contribution in [0.3, 0.4) is 0 Å². The lowest BCUT2D eigenvalue weighted by Gasteiger charge is -2.23. The molecule has 0 amide bonds. The molecule has 1 aliphatic rings. The second-order valence-corrected chi connectivity index (χ2v) is 3.75. The Hall–Kier alpha value is 0.500. The maximum absolute atomic E-state index is 5.49. The number of nitrogens with two attached hydrogens (primary N) is 1. The molecule has 0 atom stereocenters. The Balaban J connectivity index is 0. The highest BCUT2D eigenvalue weighted by Gasteiger charge is 2.06. The summed E-state index contributed by atoms with van der Waals surface area (Å²) >= 11 is 0. The van der Waals surface area contributed by atoms with Gasteiger partial charge in [0.2, 0.25) is 0 Å². The molecule has 4 heteroatoms. The van der Waals surface area contributed by atoms with Crippen molar-refractivity contribution in [2.75, 3.05) is 26.2 Å². The van der Waals surface area contributed by atoms with Crippen molar-refractivity contribution in [3.63, 3.8) is 0 Å². The summed E-state index contributed by atoms with van der Waals surface area (Å²) in [5, 5.41) is 0. The van der Waals surface area contributed by atoms with Gasteiger partial charge in [0.15, 0.2) is 0 Å². The van der Waals surface area contributed by atoms with Crippen molar-refractivity contribution < 1.29 is 0 Å². The van der Waals surface area contributed by atoms with Gasteiger partial charge < -0.3 is 10.6 Å². The lowest BCUT2D eigenvalue weighted by Crippen LogP contribution is -2.29. The Morgan fingerprint density at radius 2 is 1.36 bits per heavy atom. The van der Waals surface area contributed by atoms with Gasteiger partial charge in [0.25, 0.3) is 0 Å². The molecule has 0 aromatic heterocycles. The summed E-state index contributed by atoms with van der Waals surface area (Å²) < 4.78 is 0. The van der Waals surface area contributed by atoms with E-state index in [2.05, 4.69) is 4.90 Å². The average molecular weight is 243 g/mol. The number of hydrogen-bond acceptors (Lipinski definition) is 2. The quantitative estimate of drug-likeness (QED) is 0.825. The Bertz CT molecular complexity index is 102. The molecule has 0 saturated carbocycles. The van der Waals surface area contributed by atoms with Gasteiger partial charge in [0.1, 0.15) is 0 Å². The fourth-order valence-corrected chi connectivity index (χ4v) is 1.85. The molecule has 14 heavy (non-hydrogen) atoms. The molecule has 1 aliphatic heterocycles. The second kappa shape index (κ2) is 11.6. The Morgan fingerprint density at radius 3 is 1.86 bits per heavy atom. The van der Waals surface area contributed by atoms with Crippen molar-refractivity contribution in [1.82, 2.24) is 4.90 Å². The van der Waals surface area contributed by atoms with E-state index in [0.717, 1.165) is 6.54 Å². The number of hydrogen-bond donors (Lipinski definition) is 1. The van der Waals surface area contributed by atoms with E-state index < -0.39 is 0 Å². The van der Waals surface area contributed by atoms with Crippen LogP contribution in [0, 0.1) is 0 Å². The zero-order chi connectivity index (χ0) is 8.65. The summed E-state index contributed by atoms with van der Waals surface area (Å²) in [4.78, 5) is 2.58. The predicted molar refractivity (Wildman–Crippen MR) is 67.7 cm³/mol. The van der Waals surface area contributed by atoms with Crippen molar-refractivity contribution >= 4 is 24.8 Å². The summed E-state index contributed by atoms with van der Waals surface area (Å²) in [7, 11) is 0. The third-order valence-electron chi connectivity index (χ3n) is 2.63. The first kappa shape index (κ1) is 16.9. The van der Waals surface area contributed by atoms with Gasteiger partial charge in [0, 0.05) is 0 Å². The average Bonchev–Trinajstić information content (AvgIpc) is 2.02. The normalized spacial score (nSPS) is 18.6. The minimum Gasteiger partial charge on any atom is -0.330 e. The van der Waals surface area contributed by atoms with Gasteiger partial charge in [0.05, 0.1) is 0 Å². The van der Waals surface area contributed by atoms with E-state index in [1.165, 1.54) is 58.2 Å². The van der Waals surface area contributed by atoms with Gasteiger partial charge in [-0.2, -0.15) is 0 Å². The smallest absolute Gasteiger partial charge is 0.000672 e. The molecule has 2 N–H and O–H groups in total. The minimum atomic E-state index is 0. The molecular weight excluding hydrogens is 219 g/mol. The molecule has 0 aromatic carbocycles. The molecule has 0 unspecified atom stereocenters. The number of halogens is 2. The fourth-order valence-electron chi connectivity index (χ4n) is 1.85. The first-order valence-electron chi connectivity index (χ1n) is 5.36. The second-order valence-electron chi connectivity index (χ2n) is 3.75. The van der Waals surface area contributed by atoms with E-state index in [1.54, 1.807) is 0 Å². The number of likely N-dealkylation sites (tertiary alicyclic amines) is 1. The van der Waals surface area contributed by atoms with Crippen LogP contribution >= 0.6 is 24.8 Å². The standard InChI is InChI=1S/C10H22N2.2ClH/c11-7-6-10-12-8-4-2-1-3-5-9-12;;/h1-11H2;2*1H. The molecule has 0 aliphatic carbocycles. The predicted octanol–water partition coefficient (Wildman–Crippen LogP) is 2.44. The largest absolute Gasteiger partial charge is 0.330 e. The zero-order valence-electron chi connectivity index (χ0n) is 8.91. The summed E-state index contributed by atoms with van der Waals surface area (Å²) in [5.41, 5.74) is 5.49. The maximum Gasteiger partial charge on any atom is -0.000672 e. The molecule has 1 heterocycles. The van der Waals surface area contributed by atoms with E-state index >= 15 is 0 Å². The molecule has 1 rings (SSSR count). The van der Waals surface area contributed by atoms with Crippen LogP contribution in [0.2, 0.25) is 0 Å². The van der Waals surface area contributed by atoms with Crippen LogP contribution in [-0.4, -0.2) is 31.1 Å². The van der Waals surface area contributed by atoms with E-state index in [0.29, 0.717) is 0 Å². The molecule has 2 nitrogen and oxygen atoms in total. The van der Waals surface area contributed by atoms with Crippen LogP contribution in [0.15, 0.2) is 0 Å². The Labute approximate surface area is 100 Å². The summed E-state index contributed by atoms with van der Waals surface area (Å²) in [6, 6.07) is 0. The Kier molecular flexibility index (Phi) is 14.0. The van der Waals surface area contributed by atoms with E-state index in [-0.39, 0.29) is 24.8 Å². The van der Waals surface area contributed by atoms with Crippen LogP contribution in [0.25, 0.3) is 0 Å². The van der Waals surface area contributed by atoms with E-state index in [4.69, 9.17) is 5.73 Å². The molecule has 0 radical (unpaired) electrons. The van der Waals surface area contributed by atoms with Gasteiger partial charge in [-0.05, 0) is 45.4 Å². The molecule has 1 fully saturated rings. The monoisotopic (exact) mass is 242 g/mol. The summed E-state index contributed by atoms with van der Waals surface area (Å²) in [6.07, 6.45) is 8.26. The molecule has 1 saturated heterocycles. The highest BCUT2D eigenvalue weighted by Crippen LogP contribution is 2.10. The van der Waals surface area contributed by atoms with Gasteiger partial charge in [-0.15, -0.1) is 24.8 Å².